The largest absolute Gasteiger partial charge is 0.374 e. The van der Waals surface area contributed by atoms with E-state index in [-0.39, 0.29) is 12.1 Å². The van der Waals surface area contributed by atoms with Crippen molar-refractivity contribution < 1.29 is 4.74 Å². The molecule has 0 spiro atoms. The van der Waals surface area contributed by atoms with Crippen LogP contribution in [0.15, 0.2) is 12.2 Å². The van der Waals surface area contributed by atoms with Gasteiger partial charge in [-0.3, -0.25) is 11.3 Å². The molecule has 0 aromatic heterocycles. The van der Waals surface area contributed by atoms with Gasteiger partial charge in [0.05, 0.1) is 12.7 Å². The zero-order valence-corrected chi connectivity index (χ0v) is 9.83. The van der Waals surface area contributed by atoms with E-state index in [9.17, 15) is 0 Å². The molecule has 0 aromatic rings. The Balaban J connectivity index is 2.38. The lowest BCUT2D eigenvalue weighted by Gasteiger charge is -2.34. The molecule has 1 aliphatic rings. The van der Waals surface area contributed by atoms with Gasteiger partial charge >= 0.3 is 0 Å². The van der Waals surface area contributed by atoms with Crippen molar-refractivity contribution in [2.24, 2.45) is 5.84 Å². The monoisotopic (exact) mass is 213 g/mol. The molecule has 88 valence electrons. The molecule has 4 nitrogen and oxygen atoms in total. The molecule has 1 rings (SSSR count). The molecule has 0 bridgehead atoms. The van der Waals surface area contributed by atoms with Gasteiger partial charge in [-0.15, -0.1) is 6.58 Å². The van der Waals surface area contributed by atoms with Crippen LogP contribution in [0.2, 0.25) is 0 Å². The molecule has 0 aromatic carbocycles. The van der Waals surface area contributed by atoms with Gasteiger partial charge in [-0.1, -0.05) is 5.57 Å². The summed E-state index contributed by atoms with van der Waals surface area (Å²) in [7, 11) is 2.11. The van der Waals surface area contributed by atoms with Gasteiger partial charge in [0, 0.05) is 19.1 Å². The Morgan fingerprint density at radius 1 is 1.73 bits per heavy atom. The van der Waals surface area contributed by atoms with Crippen LogP contribution in [0.3, 0.4) is 0 Å². The number of morpholine rings is 1. The lowest BCUT2D eigenvalue weighted by Crippen LogP contribution is -2.53. The summed E-state index contributed by atoms with van der Waals surface area (Å²) < 4.78 is 5.72. The number of hydrogen-bond donors (Lipinski definition) is 2. The van der Waals surface area contributed by atoms with Crippen molar-refractivity contribution in [3.05, 3.63) is 12.2 Å². The standard InChI is InChI=1S/C11H23N3O/c1-9(2)4-5-10(13-12)11-8-14(3)6-7-15-11/h10-11,13H,1,4-8,12H2,2-3H3. The number of rotatable bonds is 5. The second-order valence-electron chi connectivity index (χ2n) is 4.44. The third-order valence-electron chi connectivity index (χ3n) is 2.84. The molecule has 1 aliphatic heterocycles. The zero-order valence-electron chi connectivity index (χ0n) is 9.83. The fraction of sp³-hybridized carbons (Fsp3) is 0.818. The van der Waals surface area contributed by atoms with E-state index in [4.69, 9.17) is 10.6 Å². The fourth-order valence-corrected chi connectivity index (χ4v) is 1.83. The van der Waals surface area contributed by atoms with Gasteiger partial charge in [-0.2, -0.15) is 0 Å². The summed E-state index contributed by atoms with van der Waals surface area (Å²) in [6.45, 7) is 8.70. The molecule has 0 radical (unpaired) electrons. The van der Waals surface area contributed by atoms with Crippen LogP contribution in [0, 0.1) is 0 Å². The van der Waals surface area contributed by atoms with E-state index in [0.717, 1.165) is 32.5 Å². The van der Waals surface area contributed by atoms with E-state index in [0.29, 0.717) is 0 Å². The lowest BCUT2D eigenvalue weighted by atomic mass is 10.0. The van der Waals surface area contributed by atoms with Crippen molar-refractivity contribution in [3.63, 3.8) is 0 Å². The second kappa shape index (κ2) is 6.23. The average molecular weight is 213 g/mol. The Morgan fingerprint density at radius 2 is 2.47 bits per heavy atom. The predicted octanol–water partition coefficient (Wildman–Crippen LogP) is 0.505. The van der Waals surface area contributed by atoms with Crippen LogP contribution >= 0.6 is 0 Å². The molecule has 0 amide bonds. The van der Waals surface area contributed by atoms with Crippen molar-refractivity contribution in [1.82, 2.24) is 10.3 Å². The van der Waals surface area contributed by atoms with Crippen LogP contribution in [0.25, 0.3) is 0 Å². The van der Waals surface area contributed by atoms with E-state index in [1.165, 1.54) is 5.57 Å². The summed E-state index contributed by atoms with van der Waals surface area (Å²) in [5, 5.41) is 0. The SMILES string of the molecule is C=C(C)CCC(NN)C1CN(C)CCO1. The maximum absolute atomic E-state index is 5.72. The first-order chi connectivity index (χ1) is 7.13. The molecule has 15 heavy (non-hydrogen) atoms. The average Bonchev–Trinajstić information content (AvgIpc) is 2.18. The van der Waals surface area contributed by atoms with Crippen molar-refractivity contribution >= 4 is 0 Å². The number of nitrogens with two attached hydrogens (primary N) is 1. The highest BCUT2D eigenvalue weighted by Crippen LogP contribution is 2.13. The number of hydrogen-bond acceptors (Lipinski definition) is 4. The molecular weight excluding hydrogens is 190 g/mol. The van der Waals surface area contributed by atoms with Gasteiger partial charge < -0.3 is 9.64 Å². The first kappa shape index (κ1) is 12.6. The van der Waals surface area contributed by atoms with Crippen molar-refractivity contribution in [1.29, 1.82) is 0 Å². The highest BCUT2D eigenvalue weighted by atomic mass is 16.5. The van der Waals surface area contributed by atoms with Crippen LogP contribution < -0.4 is 11.3 Å². The van der Waals surface area contributed by atoms with Crippen molar-refractivity contribution in [2.45, 2.75) is 31.9 Å². The normalized spacial score (nSPS) is 25.1. The summed E-state index contributed by atoms with van der Waals surface area (Å²) in [6.07, 6.45) is 2.19. The molecule has 2 unspecified atom stereocenters. The van der Waals surface area contributed by atoms with E-state index < -0.39 is 0 Å². The number of nitrogens with one attached hydrogen (secondary N) is 1. The minimum Gasteiger partial charge on any atom is -0.374 e. The maximum atomic E-state index is 5.72. The molecule has 3 N–H and O–H groups in total. The summed E-state index contributed by atoms with van der Waals surface area (Å²) in [4.78, 5) is 2.28. The van der Waals surface area contributed by atoms with Gasteiger partial charge in [-0.25, -0.2) is 0 Å². The first-order valence-electron chi connectivity index (χ1n) is 5.54. The summed E-state index contributed by atoms with van der Waals surface area (Å²) in [5.74, 6) is 5.56. The van der Waals surface area contributed by atoms with E-state index in [1.807, 2.05) is 6.92 Å². The third kappa shape index (κ3) is 4.30. The van der Waals surface area contributed by atoms with Crippen LogP contribution in [0.4, 0.5) is 0 Å². The summed E-state index contributed by atoms with van der Waals surface area (Å²) >= 11 is 0. The number of nitrogens with zero attached hydrogens (tertiary/aromatic N) is 1. The van der Waals surface area contributed by atoms with Crippen LogP contribution in [0.5, 0.6) is 0 Å². The minimum atomic E-state index is 0.202. The topological polar surface area (TPSA) is 50.5 Å². The van der Waals surface area contributed by atoms with Crippen LogP contribution in [-0.4, -0.2) is 43.8 Å². The predicted molar refractivity (Wildman–Crippen MR) is 62.4 cm³/mol. The fourth-order valence-electron chi connectivity index (χ4n) is 1.83. The Bertz CT molecular complexity index is 208. The molecule has 4 heteroatoms. The Hall–Kier alpha value is -0.420. The second-order valence-corrected chi connectivity index (χ2v) is 4.44. The molecule has 1 fully saturated rings. The number of likely N-dealkylation sites (N-methyl/N-ethyl adjacent to an activating group) is 1. The molecule has 0 saturated carbocycles. The van der Waals surface area contributed by atoms with Gasteiger partial charge in [0.1, 0.15) is 0 Å². The van der Waals surface area contributed by atoms with Crippen molar-refractivity contribution in [2.75, 3.05) is 26.7 Å². The summed E-state index contributed by atoms with van der Waals surface area (Å²) in [6, 6.07) is 0.226. The first-order valence-corrected chi connectivity index (χ1v) is 5.54. The smallest absolute Gasteiger partial charge is 0.0868 e. The number of hydrazine groups is 1. The summed E-state index contributed by atoms with van der Waals surface area (Å²) in [5.41, 5.74) is 4.05. The van der Waals surface area contributed by atoms with Crippen molar-refractivity contribution in [3.8, 4) is 0 Å². The highest BCUT2D eigenvalue weighted by molar-refractivity contribution is 4.91. The number of ether oxygens (including phenoxy) is 1. The Kier molecular flexibility index (Phi) is 5.25. The van der Waals surface area contributed by atoms with Gasteiger partial charge in [-0.05, 0) is 26.8 Å². The Morgan fingerprint density at radius 3 is 3.00 bits per heavy atom. The van der Waals surface area contributed by atoms with E-state index in [2.05, 4.69) is 24.0 Å². The van der Waals surface area contributed by atoms with E-state index >= 15 is 0 Å². The van der Waals surface area contributed by atoms with Gasteiger partial charge in [0.2, 0.25) is 0 Å². The molecule has 1 saturated heterocycles. The molecule has 2 atom stereocenters. The third-order valence-corrected chi connectivity index (χ3v) is 2.84. The van der Waals surface area contributed by atoms with E-state index in [1.54, 1.807) is 0 Å². The zero-order chi connectivity index (χ0) is 11.3. The highest BCUT2D eigenvalue weighted by Gasteiger charge is 2.25. The van der Waals surface area contributed by atoms with Gasteiger partial charge in [0.15, 0.2) is 0 Å². The lowest BCUT2D eigenvalue weighted by molar-refractivity contribution is -0.0398. The quantitative estimate of drug-likeness (QED) is 0.397. The number of allylic oxidation sites excluding steroid dienone is 1. The molecular formula is C11H23N3O. The van der Waals surface area contributed by atoms with Gasteiger partial charge in [0.25, 0.3) is 0 Å². The maximum Gasteiger partial charge on any atom is 0.0868 e. The van der Waals surface area contributed by atoms with Crippen LogP contribution in [-0.2, 0) is 4.74 Å². The van der Waals surface area contributed by atoms with Crippen LogP contribution in [0.1, 0.15) is 19.8 Å². The minimum absolute atomic E-state index is 0.202. The molecule has 1 heterocycles. The Labute approximate surface area is 92.4 Å². The molecule has 0 aliphatic carbocycles.